The van der Waals surface area contributed by atoms with Crippen molar-refractivity contribution in [3.63, 3.8) is 0 Å². The minimum Gasteiger partial charge on any atom is -0.292 e. The average molecular weight is 645 g/mol. The van der Waals surface area contributed by atoms with Gasteiger partial charge >= 0.3 is 0 Å². The molecule has 0 radical (unpaired) electrons. The Kier molecular flexibility index (Phi) is 8.01. The summed E-state index contributed by atoms with van der Waals surface area (Å²) >= 11 is 0. The zero-order valence-electron chi connectivity index (χ0n) is 29.1. The van der Waals surface area contributed by atoms with Crippen LogP contribution < -0.4 is 0 Å². The van der Waals surface area contributed by atoms with Crippen molar-refractivity contribution in [1.82, 2.24) is 9.55 Å². The smallest absolute Gasteiger partial charge is 0.145 e. The molecule has 8 aromatic rings. The number of rotatable bonds is 7. The van der Waals surface area contributed by atoms with E-state index in [1.807, 2.05) is 0 Å². The van der Waals surface area contributed by atoms with Crippen LogP contribution in [-0.2, 0) is 5.41 Å². The number of aryl methyl sites for hydroxylation is 2. The summed E-state index contributed by atoms with van der Waals surface area (Å²) in [5.41, 5.74) is 16.6. The fraction of sp³-hybridized carbons (Fsp3) is 0.104. The minimum absolute atomic E-state index is 0.0640. The summed E-state index contributed by atoms with van der Waals surface area (Å²) in [7, 11) is 0. The molecule has 0 saturated carbocycles. The quantitative estimate of drug-likeness (QED) is 0.169. The van der Waals surface area contributed by atoms with Crippen molar-refractivity contribution in [2.24, 2.45) is 0 Å². The van der Waals surface area contributed by atoms with Crippen molar-refractivity contribution in [1.29, 1.82) is 0 Å². The molecule has 0 saturated heterocycles. The molecule has 0 unspecified atom stereocenters. The van der Waals surface area contributed by atoms with E-state index < -0.39 is 0 Å². The number of para-hydroxylation sites is 3. The molecule has 50 heavy (non-hydrogen) atoms. The summed E-state index contributed by atoms with van der Waals surface area (Å²) in [5.74, 6) is 0.951. The van der Waals surface area contributed by atoms with Gasteiger partial charge in [-0.1, -0.05) is 153 Å². The van der Waals surface area contributed by atoms with Crippen LogP contribution in [0.15, 0.2) is 170 Å². The van der Waals surface area contributed by atoms with E-state index in [9.17, 15) is 0 Å². The van der Waals surface area contributed by atoms with E-state index in [1.165, 1.54) is 55.8 Å². The van der Waals surface area contributed by atoms with Gasteiger partial charge in [-0.3, -0.25) is 4.57 Å². The summed E-state index contributed by atoms with van der Waals surface area (Å²) in [6, 6.07) is 61.3. The van der Waals surface area contributed by atoms with E-state index in [0.717, 1.165) is 28.0 Å². The molecule has 242 valence electrons. The van der Waals surface area contributed by atoms with Gasteiger partial charge in [-0.2, -0.15) is 0 Å². The largest absolute Gasteiger partial charge is 0.292 e. The van der Waals surface area contributed by atoms with Crippen molar-refractivity contribution < 1.29 is 0 Å². The molecule has 0 fully saturated rings. The first kappa shape index (κ1) is 31.3. The standard InChI is InChI=1S/C48H40N2/c1-33-14-10-15-34(2)46(33)50-45-25-9-8-24-44(45)49-47(50)41-21-13-20-40(32-41)39-19-12-18-38(31-39)37-17-11-16-36(30-37)35-26-28-43(29-27-35)48(3,4)42-22-6-5-7-23-42/h5-32H,1-4H3. The molecule has 1 heterocycles. The molecule has 0 amide bonds. The van der Waals surface area contributed by atoms with Gasteiger partial charge in [-0.05, 0) is 99.8 Å². The van der Waals surface area contributed by atoms with Gasteiger partial charge in [0.1, 0.15) is 5.82 Å². The summed E-state index contributed by atoms with van der Waals surface area (Å²) in [6.07, 6.45) is 0. The summed E-state index contributed by atoms with van der Waals surface area (Å²) in [4.78, 5) is 5.18. The van der Waals surface area contributed by atoms with Crippen molar-refractivity contribution in [2.45, 2.75) is 33.1 Å². The molecule has 0 atom stereocenters. The summed E-state index contributed by atoms with van der Waals surface area (Å²) < 4.78 is 2.33. The Labute approximate surface area is 295 Å². The van der Waals surface area contributed by atoms with Crippen molar-refractivity contribution >= 4 is 11.0 Å². The third-order valence-corrected chi connectivity index (χ3v) is 10.2. The van der Waals surface area contributed by atoms with Gasteiger partial charge in [0, 0.05) is 11.0 Å². The minimum atomic E-state index is -0.0640. The Hall–Kier alpha value is -5.99. The second kappa shape index (κ2) is 12.8. The lowest BCUT2D eigenvalue weighted by molar-refractivity contribution is 0.641. The highest BCUT2D eigenvalue weighted by atomic mass is 15.1. The predicted octanol–water partition coefficient (Wildman–Crippen LogP) is 12.6. The second-order valence-electron chi connectivity index (χ2n) is 13.8. The van der Waals surface area contributed by atoms with Gasteiger partial charge in [0.05, 0.1) is 16.7 Å². The van der Waals surface area contributed by atoms with Crippen LogP contribution in [0.4, 0.5) is 0 Å². The van der Waals surface area contributed by atoms with Crippen LogP contribution in [0.5, 0.6) is 0 Å². The number of hydrogen-bond donors (Lipinski definition) is 0. The molecule has 8 rings (SSSR count). The number of nitrogens with zero attached hydrogens (tertiary/aromatic N) is 2. The fourth-order valence-electron chi connectivity index (χ4n) is 7.30. The van der Waals surface area contributed by atoms with Crippen LogP contribution in [0.2, 0.25) is 0 Å². The molecule has 0 aliphatic rings. The molecular weight excluding hydrogens is 605 g/mol. The van der Waals surface area contributed by atoms with Crippen molar-refractivity contribution in [3.8, 4) is 50.5 Å². The van der Waals surface area contributed by atoms with E-state index >= 15 is 0 Å². The molecule has 7 aromatic carbocycles. The maximum Gasteiger partial charge on any atom is 0.145 e. The molecule has 0 aliphatic carbocycles. The Morgan fingerprint density at radius 1 is 0.420 bits per heavy atom. The number of aromatic nitrogens is 2. The van der Waals surface area contributed by atoms with E-state index in [0.29, 0.717) is 0 Å². The first-order valence-electron chi connectivity index (χ1n) is 17.4. The van der Waals surface area contributed by atoms with Gasteiger partial charge in [0.25, 0.3) is 0 Å². The predicted molar refractivity (Wildman–Crippen MR) is 211 cm³/mol. The maximum absolute atomic E-state index is 5.18. The van der Waals surface area contributed by atoms with Crippen LogP contribution in [0.3, 0.4) is 0 Å². The highest BCUT2D eigenvalue weighted by molar-refractivity contribution is 5.85. The van der Waals surface area contributed by atoms with Crippen molar-refractivity contribution in [2.75, 3.05) is 0 Å². The summed E-state index contributed by atoms with van der Waals surface area (Å²) in [6.45, 7) is 8.95. The first-order chi connectivity index (χ1) is 24.4. The van der Waals surface area contributed by atoms with Crippen LogP contribution in [0.1, 0.15) is 36.1 Å². The topological polar surface area (TPSA) is 17.8 Å². The monoisotopic (exact) mass is 644 g/mol. The number of benzene rings is 7. The van der Waals surface area contributed by atoms with E-state index in [1.54, 1.807) is 0 Å². The lowest BCUT2D eigenvalue weighted by atomic mass is 9.78. The Morgan fingerprint density at radius 2 is 0.880 bits per heavy atom. The molecule has 0 spiro atoms. The SMILES string of the molecule is Cc1cccc(C)c1-n1c(-c2cccc(-c3cccc(-c4cccc(-c5ccc(C(C)(C)c6ccccc6)cc5)c4)c3)c2)nc2ccccc21. The van der Waals surface area contributed by atoms with Crippen LogP contribution >= 0.6 is 0 Å². The molecule has 2 heteroatoms. The third kappa shape index (κ3) is 5.73. The van der Waals surface area contributed by atoms with Crippen LogP contribution in [0, 0.1) is 13.8 Å². The van der Waals surface area contributed by atoms with Crippen molar-refractivity contribution in [3.05, 3.63) is 192 Å². The van der Waals surface area contributed by atoms with Crippen LogP contribution in [-0.4, -0.2) is 9.55 Å². The summed E-state index contributed by atoms with van der Waals surface area (Å²) in [5, 5.41) is 0. The molecule has 1 aromatic heterocycles. The fourth-order valence-corrected chi connectivity index (χ4v) is 7.30. The third-order valence-electron chi connectivity index (χ3n) is 10.2. The van der Waals surface area contributed by atoms with E-state index in [4.69, 9.17) is 4.98 Å². The molecule has 0 bridgehead atoms. The van der Waals surface area contributed by atoms with E-state index in [2.05, 4.69) is 202 Å². The number of fused-ring (bicyclic) bond motifs is 1. The molecule has 0 N–H and O–H groups in total. The zero-order chi connectivity index (χ0) is 34.2. The Morgan fingerprint density at radius 3 is 1.48 bits per heavy atom. The van der Waals surface area contributed by atoms with Gasteiger partial charge in [0.2, 0.25) is 0 Å². The van der Waals surface area contributed by atoms with E-state index in [-0.39, 0.29) is 5.41 Å². The molecule has 0 aliphatic heterocycles. The van der Waals surface area contributed by atoms with Gasteiger partial charge in [-0.25, -0.2) is 4.98 Å². The second-order valence-corrected chi connectivity index (χ2v) is 13.8. The van der Waals surface area contributed by atoms with Gasteiger partial charge in [0.15, 0.2) is 0 Å². The maximum atomic E-state index is 5.18. The van der Waals surface area contributed by atoms with Crippen LogP contribution in [0.25, 0.3) is 61.5 Å². The average Bonchev–Trinajstić information content (AvgIpc) is 3.55. The zero-order valence-corrected chi connectivity index (χ0v) is 29.1. The highest BCUT2D eigenvalue weighted by Crippen LogP contribution is 2.36. The number of imidazole rings is 1. The Balaban J connectivity index is 1.13. The van der Waals surface area contributed by atoms with Gasteiger partial charge in [-0.15, -0.1) is 0 Å². The molecular formula is C48H40N2. The number of hydrogen-bond acceptors (Lipinski definition) is 1. The first-order valence-corrected chi connectivity index (χ1v) is 17.4. The molecule has 2 nitrogen and oxygen atoms in total. The highest BCUT2D eigenvalue weighted by Gasteiger charge is 2.23. The lowest BCUT2D eigenvalue weighted by Crippen LogP contribution is -2.18. The lowest BCUT2D eigenvalue weighted by Gasteiger charge is -2.26. The van der Waals surface area contributed by atoms with Gasteiger partial charge < -0.3 is 0 Å². The normalized spacial score (nSPS) is 11.6. The Bertz CT molecular complexity index is 2440.